The number of carboxylic acid groups (broad SMARTS) is 1. The Balaban J connectivity index is 1.98. The largest absolute Gasteiger partial charge is 0.494 e. The number of carboxylic acids is 1. The molecule has 2 atom stereocenters. The smallest absolute Gasteiger partial charge is 0.306 e. The first-order valence-corrected chi connectivity index (χ1v) is 10.6. The van der Waals surface area contributed by atoms with Crippen molar-refractivity contribution < 1.29 is 24.2 Å². The van der Waals surface area contributed by atoms with Crippen LogP contribution in [0.15, 0.2) is 36.9 Å². The van der Waals surface area contributed by atoms with Gasteiger partial charge in [-0.2, -0.15) is 5.10 Å². The molecule has 2 aromatic rings. The zero-order valence-electron chi connectivity index (χ0n) is 18.8. The van der Waals surface area contributed by atoms with Gasteiger partial charge in [-0.15, -0.1) is 0 Å². The van der Waals surface area contributed by atoms with E-state index in [1.807, 2.05) is 52.0 Å². The van der Waals surface area contributed by atoms with Crippen LogP contribution in [0.3, 0.4) is 0 Å². The average molecular weight is 432 g/mol. The number of unbranched alkanes of at least 4 members (excludes halogenated alkanes) is 1. The van der Waals surface area contributed by atoms with Gasteiger partial charge in [-0.1, -0.05) is 38.5 Å². The molecule has 0 bridgehead atoms. The minimum Gasteiger partial charge on any atom is -0.494 e. The Bertz CT molecular complexity index is 813. The molecule has 1 N–H and O–H groups in total. The van der Waals surface area contributed by atoms with Crippen LogP contribution in [-0.2, 0) is 14.3 Å². The van der Waals surface area contributed by atoms with Gasteiger partial charge in [0.15, 0.2) is 0 Å². The molecule has 0 saturated heterocycles. The normalized spacial score (nSPS) is 13.4. The SMILES string of the molecule is Cc1ccc(OCCCCC(C(OC(=O)CCC(=O)O)C(C)(C)C)n2cncn2)cc1. The van der Waals surface area contributed by atoms with Crippen LogP contribution in [0.5, 0.6) is 5.75 Å². The fraction of sp³-hybridized carbons (Fsp3) is 0.565. The van der Waals surface area contributed by atoms with Crippen molar-refractivity contribution in [2.75, 3.05) is 6.61 Å². The van der Waals surface area contributed by atoms with Crippen molar-refractivity contribution in [3.63, 3.8) is 0 Å². The molecular formula is C23H33N3O5. The Labute approximate surface area is 183 Å². The lowest BCUT2D eigenvalue weighted by Gasteiger charge is -2.36. The van der Waals surface area contributed by atoms with E-state index in [9.17, 15) is 9.59 Å². The predicted octanol–water partition coefficient (Wildman–Crippen LogP) is 4.20. The second kappa shape index (κ2) is 11.5. The number of hydrogen-bond donors (Lipinski definition) is 1. The molecule has 8 nitrogen and oxygen atoms in total. The molecule has 8 heteroatoms. The van der Waals surface area contributed by atoms with E-state index in [-0.39, 0.29) is 24.3 Å². The van der Waals surface area contributed by atoms with E-state index in [0.29, 0.717) is 6.61 Å². The summed E-state index contributed by atoms with van der Waals surface area (Å²) in [6, 6.07) is 7.74. The van der Waals surface area contributed by atoms with Crippen LogP contribution in [-0.4, -0.2) is 44.5 Å². The van der Waals surface area contributed by atoms with Crippen LogP contribution >= 0.6 is 0 Å². The number of aromatic nitrogens is 3. The summed E-state index contributed by atoms with van der Waals surface area (Å²) >= 11 is 0. The zero-order valence-corrected chi connectivity index (χ0v) is 18.8. The number of benzene rings is 1. The van der Waals surface area contributed by atoms with E-state index in [2.05, 4.69) is 10.1 Å². The Morgan fingerprint density at radius 3 is 2.42 bits per heavy atom. The minimum atomic E-state index is -1.02. The standard InChI is InChI=1S/C23H33N3O5/c1-17-8-10-18(11-9-17)30-14-6-5-7-19(26-16-24-15-25-26)22(23(2,3)4)31-21(29)13-12-20(27)28/h8-11,15-16,19,22H,5-7,12-14H2,1-4H3,(H,27,28). The lowest BCUT2D eigenvalue weighted by molar-refractivity contribution is -0.160. The first-order valence-electron chi connectivity index (χ1n) is 10.6. The van der Waals surface area contributed by atoms with Crippen molar-refractivity contribution in [1.29, 1.82) is 0 Å². The predicted molar refractivity (Wildman–Crippen MR) is 116 cm³/mol. The van der Waals surface area contributed by atoms with Gasteiger partial charge in [-0.3, -0.25) is 9.59 Å². The van der Waals surface area contributed by atoms with Gasteiger partial charge in [-0.05, 0) is 38.3 Å². The maximum atomic E-state index is 12.3. The second-order valence-corrected chi connectivity index (χ2v) is 8.77. The third-order valence-corrected chi connectivity index (χ3v) is 4.96. The summed E-state index contributed by atoms with van der Waals surface area (Å²) in [5.41, 5.74) is 0.822. The lowest BCUT2D eigenvalue weighted by atomic mass is 9.82. The highest BCUT2D eigenvalue weighted by atomic mass is 16.5. The monoisotopic (exact) mass is 431 g/mol. The van der Waals surface area contributed by atoms with Crippen molar-refractivity contribution in [3.05, 3.63) is 42.5 Å². The number of aryl methyl sites for hydroxylation is 1. The van der Waals surface area contributed by atoms with Gasteiger partial charge < -0.3 is 14.6 Å². The van der Waals surface area contributed by atoms with E-state index in [1.165, 1.54) is 11.9 Å². The lowest BCUT2D eigenvalue weighted by Crippen LogP contribution is -2.40. The molecule has 0 spiro atoms. The first kappa shape index (κ1) is 24.4. The van der Waals surface area contributed by atoms with Crippen LogP contribution in [0.4, 0.5) is 0 Å². The Morgan fingerprint density at radius 1 is 1.13 bits per heavy atom. The van der Waals surface area contributed by atoms with Crippen molar-refractivity contribution in [1.82, 2.24) is 14.8 Å². The molecule has 0 fully saturated rings. The van der Waals surface area contributed by atoms with E-state index in [0.717, 1.165) is 25.0 Å². The van der Waals surface area contributed by atoms with Crippen LogP contribution in [0.2, 0.25) is 0 Å². The number of aliphatic carboxylic acids is 1. The van der Waals surface area contributed by atoms with E-state index >= 15 is 0 Å². The number of hydrogen-bond acceptors (Lipinski definition) is 6. The molecule has 0 aliphatic rings. The molecule has 1 heterocycles. The van der Waals surface area contributed by atoms with E-state index in [1.54, 1.807) is 11.0 Å². The molecule has 0 aliphatic heterocycles. The number of carbonyl (C=O) groups is 2. The summed E-state index contributed by atoms with van der Waals surface area (Å²) in [6.45, 7) is 8.60. The summed E-state index contributed by atoms with van der Waals surface area (Å²) in [5, 5.41) is 13.1. The molecule has 170 valence electrons. The fourth-order valence-corrected chi connectivity index (χ4v) is 3.33. The molecule has 31 heavy (non-hydrogen) atoms. The van der Waals surface area contributed by atoms with Gasteiger partial charge in [0.2, 0.25) is 0 Å². The fourth-order valence-electron chi connectivity index (χ4n) is 3.33. The second-order valence-electron chi connectivity index (χ2n) is 8.77. The Kier molecular flexibility index (Phi) is 9.03. The number of ether oxygens (including phenoxy) is 2. The third-order valence-electron chi connectivity index (χ3n) is 4.96. The number of esters is 1. The van der Waals surface area contributed by atoms with Crippen molar-refractivity contribution in [2.24, 2.45) is 5.41 Å². The molecule has 0 amide bonds. The van der Waals surface area contributed by atoms with Gasteiger partial charge in [0.05, 0.1) is 25.5 Å². The topological polar surface area (TPSA) is 104 Å². The highest BCUT2D eigenvalue weighted by molar-refractivity contribution is 5.76. The van der Waals surface area contributed by atoms with Crippen LogP contribution in [0.25, 0.3) is 0 Å². The Hall–Kier alpha value is -2.90. The summed E-state index contributed by atoms with van der Waals surface area (Å²) in [5.74, 6) is -0.695. The first-order chi connectivity index (χ1) is 14.7. The van der Waals surface area contributed by atoms with Crippen LogP contribution < -0.4 is 4.74 Å². The van der Waals surface area contributed by atoms with Crippen molar-refractivity contribution >= 4 is 11.9 Å². The van der Waals surface area contributed by atoms with Gasteiger partial charge in [-0.25, -0.2) is 9.67 Å². The number of carbonyl (C=O) groups excluding carboxylic acids is 1. The molecular weight excluding hydrogens is 398 g/mol. The number of nitrogens with zero attached hydrogens (tertiary/aromatic N) is 3. The zero-order chi connectivity index (χ0) is 22.9. The van der Waals surface area contributed by atoms with Crippen LogP contribution in [0, 0.1) is 12.3 Å². The quantitative estimate of drug-likeness (QED) is 0.397. The molecule has 1 aromatic heterocycles. The van der Waals surface area contributed by atoms with Crippen LogP contribution in [0.1, 0.15) is 64.5 Å². The van der Waals surface area contributed by atoms with Gasteiger partial charge >= 0.3 is 11.9 Å². The third kappa shape index (κ3) is 8.39. The molecule has 0 radical (unpaired) electrons. The molecule has 0 aliphatic carbocycles. The highest BCUT2D eigenvalue weighted by Crippen LogP contribution is 2.34. The molecule has 2 unspecified atom stereocenters. The Morgan fingerprint density at radius 2 is 1.84 bits per heavy atom. The molecule has 1 aromatic carbocycles. The maximum absolute atomic E-state index is 12.3. The summed E-state index contributed by atoms with van der Waals surface area (Å²) in [7, 11) is 0. The maximum Gasteiger partial charge on any atom is 0.306 e. The van der Waals surface area contributed by atoms with Crippen molar-refractivity contribution in [3.8, 4) is 5.75 Å². The van der Waals surface area contributed by atoms with E-state index < -0.39 is 18.0 Å². The summed E-state index contributed by atoms with van der Waals surface area (Å²) in [6.07, 6.45) is 4.59. The minimum absolute atomic E-state index is 0.156. The molecule has 0 saturated carbocycles. The average Bonchev–Trinajstić information content (AvgIpc) is 3.23. The molecule has 2 rings (SSSR count). The van der Waals surface area contributed by atoms with Gasteiger partial charge in [0, 0.05) is 5.41 Å². The summed E-state index contributed by atoms with van der Waals surface area (Å²) in [4.78, 5) is 27.1. The van der Waals surface area contributed by atoms with Gasteiger partial charge in [0.1, 0.15) is 24.5 Å². The van der Waals surface area contributed by atoms with Crippen molar-refractivity contribution in [2.45, 2.75) is 71.9 Å². The van der Waals surface area contributed by atoms with Gasteiger partial charge in [0.25, 0.3) is 0 Å². The van der Waals surface area contributed by atoms with E-state index in [4.69, 9.17) is 14.6 Å². The number of rotatable bonds is 12. The highest BCUT2D eigenvalue weighted by Gasteiger charge is 2.37. The summed E-state index contributed by atoms with van der Waals surface area (Å²) < 4.78 is 13.3.